The predicted octanol–water partition coefficient (Wildman–Crippen LogP) is 6.70. The van der Waals surface area contributed by atoms with Crippen molar-refractivity contribution in [2.45, 2.75) is 6.61 Å². The first-order valence-electron chi connectivity index (χ1n) is 10.6. The number of carbonyl (C=O) groups excluding carboxylic acids is 2. The molecule has 1 fully saturated rings. The molecule has 0 N–H and O–H groups in total. The van der Waals surface area contributed by atoms with Crippen LogP contribution in [0.5, 0.6) is 17.2 Å². The van der Waals surface area contributed by atoms with Crippen molar-refractivity contribution in [1.29, 1.82) is 0 Å². The fraction of sp³-hybridized carbons (Fsp3) is 0.154. The first kappa shape index (κ1) is 25.0. The molecule has 1 heterocycles. The van der Waals surface area contributed by atoms with Gasteiger partial charge < -0.3 is 14.2 Å². The number of benzene rings is 3. The summed E-state index contributed by atoms with van der Waals surface area (Å²) in [6.45, 7) is 0.508. The second kappa shape index (κ2) is 11.5. The van der Waals surface area contributed by atoms with Crippen LogP contribution in [-0.2, 0) is 11.4 Å². The van der Waals surface area contributed by atoms with Crippen LogP contribution in [0.1, 0.15) is 11.1 Å². The summed E-state index contributed by atoms with van der Waals surface area (Å²) < 4.78 is 17.1. The lowest BCUT2D eigenvalue weighted by Gasteiger charge is -2.14. The third kappa shape index (κ3) is 6.11. The molecule has 0 bridgehead atoms. The Morgan fingerprint density at radius 3 is 2.40 bits per heavy atom. The summed E-state index contributed by atoms with van der Waals surface area (Å²) in [7, 11) is 1.54. The van der Waals surface area contributed by atoms with Crippen LogP contribution in [0.3, 0.4) is 0 Å². The molecule has 2 amide bonds. The third-order valence-electron chi connectivity index (χ3n) is 5.10. The topological polar surface area (TPSA) is 65.1 Å². The highest BCUT2D eigenvalue weighted by molar-refractivity contribution is 8.18. The molecule has 3 aromatic carbocycles. The highest BCUT2D eigenvalue weighted by atomic mass is 35.5. The number of imide groups is 1. The molecule has 180 valence electrons. The van der Waals surface area contributed by atoms with Crippen LogP contribution in [0.4, 0.5) is 4.79 Å². The Morgan fingerprint density at radius 2 is 1.66 bits per heavy atom. The number of ether oxygens (including phenoxy) is 3. The van der Waals surface area contributed by atoms with E-state index in [1.807, 2.05) is 12.1 Å². The molecule has 0 atom stereocenters. The van der Waals surface area contributed by atoms with E-state index in [0.29, 0.717) is 32.9 Å². The smallest absolute Gasteiger partial charge is 0.293 e. The Balaban J connectivity index is 1.48. The molecule has 0 radical (unpaired) electrons. The Kier molecular flexibility index (Phi) is 8.23. The lowest BCUT2D eigenvalue weighted by atomic mass is 10.1. The van der Waals surface area contributed by atoms with E-state index in [9.17, 15) is 9.59 Å². The number of hydrogen-bond donors (Lipinski definition) is 0. The van der Waals surface area contributed by atoms with E-state index in [2.05, 4.69) is 0 Å². The van der Waals surface area contributed by atoms with Crippen molar-refractivity contribution >= 4 is 52.2 Å². The number of hydrogen-bond acceptors (Lipinski definition) is 6. The largest absolute Gasteiger partial charge is 0.493 e. The first-order valence-corrected chi connectivity index (χ1v) is 12.2. The van der Waals surface area contributed by atoms with Crippen LogP contribution in [0.2, 0.25) is 10.0 Å². The second-order valence-corrected chi connectivity index (χ2v) is 9.24. The molecule has 1 aliphatic heterocycles. The highest BCUT2D eigenvalue weighted by Gasteiger charge is 2.35. The summed E-state index contributed by atoms with van der Waals surface area (Å²) in [5.41, 5.74) is 1.54. The minimum atomic E-state index is -0.394. The summed E-state index contributed by atoms with van der Waals surface area (Å²) in [4.78, 5) is 26.9. The second-order valence-electron chi connectivity index (χ2n) is 7.41. The van der Waals surface area contributed by atoms with Crippen LogP contribution in [0.15, 0.2) is 71.6 Å². The van der Waals surface area contributed by atoms with Gasteiger partial charge in [0.05, 0.1) is 23.6 Å². The number of halogens is 2. The van der Waals surface area contributed by atoms with Crippen molar-refractivity contribution in [2.24, 2.45) is 0 Å². The molecule has 0 spiro atoms. The number of thioether (sulfide) groups is 1. The highest BCUT2D eigenvalue weighted by Crippen LogP contribution is 2.37. The maximum atomic E-state index is 13.0. The van der Waals surface area contributed by atoms with Crippen molar-refractivity contribution in [1.82, 2.24) is 4.90 Å². The number of rotatable bonds is 9. The average Bonchev–Trinajstić information content (AvgIpc) is 3.12. The van der Waals surface area contributed by atoms with Gasteiger partial charge in [-0.3, -0.25) is 14.5 Å². The van der Waals surface area contributed by atoms with Gasteiger partial charge in [0.25, 0.3) is 11.1 Å². The standard InChI is InChI=1S/C26H21Cl2NO5S/c1-32-22-8-4-5-18(24(22)34-16-17-9-11-19(27)12-10-17)15-23-25(30)29(26(31)35-23)13-14-33-21-7-3-2-6-20(21)28/h2-12,15H,13-14,16H2,1H3/b23-15-. The molecule has 0 unspecified atom stereocenters. The normalized spacial score (nSPS) is 14.5. The van der Waals surface area contributed by atoms with Gasteiger partial charge in [0, 0.05) is 10.6 Å². The van der Waals surface area contributed by atoms with E-state index >= 15 is 0 Å². The Labute approximate surface area is 217 Å². The molecular formula is C26H21Cl2NO5S. The molecule has 35 heavy (non-hydrogen) atoms. The van der Waals surface area contributed by atoms with Crippen molar-refractivity contribution < 1.29 is 23.8 Å². The summed E-state index contributed by atoms with van der Waals surface area (Å²) in [6, 6.07) is 19.7. The van der Waals surface area contributed by atoms with Crippen LogP contribution < -0.4 is 14.2 Å². The zero-order valence-corrected chi connectivity index (χ0v) is 21.0. The van der Waals surface area contributed by atoms with Crippen LogP contribution in [0, 0.1) is 0 Å². The van der Waals surface area contributed by atoms with Gasteiger partial charge in [0.2, 0.25) is 0 Å². The van der Waals surface area contributed by atoms with Crippen LogP contribution >= 0.6 is 35.0 Å². The maximum absolute atomic E-state index is 13.0. The number of nitrogens with zero attached hydrogens (tertiary/aromatic N) is 1. The number of para-hydroxylation sites is 2. The summed E-state index contributed by atoms with van der Waals surface area (Å²) in [5.74, 6) is 1.09. The Bertz CT molecular complexity index is 1260. The van der Waals surface area contributed by atoms with Crippen LogP contribution in [-0.4, -0.2) is 36.3 Å². The molecule has 1 aliphatic rings. The monoisotopic (exact) mass is 529 g/mol. The van der Waals surface area contributed by atoms with Crippen molar-refractivity contribution in [2.75, 3.05) is 20.3 Å². The lowest BCUT2D eigenvalue weighted by Crippen LogP contribution is -2.32. The maximum Gasteiger partial charge on any atom is 0.293 e. The molecule has 9 heteroatoms. The molecular weight excluding hydrogens is 509 g/mol. The minimum absolute atomic E-state index is 0.102. The quantitative estimate of drug-likeness (QED) is 0.287. The lowest BCUT2D eigenvalue weighted by molar-refractivity contribution is -0.123. The summed E-state index contributed by atoms with van der Waals surface area (Å²) in [6.07, 6.45) is 1.64. The van der Waals surface area contributed by atoms with E-state index in [4.69, 9.17) is 37.4 Å². The Morgan fingerprint density at radius 1 is 0.914 bits per heavy atom. The molecule has 0 aliphatic carbocycles. The predicted molar refractivity (Wildman–Crippen MR) is 138 cm³/mol. The number of carbonyl (C=O) groups is 2. The molecule has 0 aromatic heterocycles. The first-order chi connectivity index (χ1) is 17.0. The molecule has 4 rings (SSSR count). The van der Waals surface area contributed by atoms with E-state index in [-0.39, 0.29) is 29.9 Å². The van der Waals surface area contributed by atoms with E-state index in [1.165, 1.54) is 0 Å². The van der Waals surface area contributed by atoms with Gasteiger partial charge in [-0.1, -0.05) is 59.6 Å². The van der Waals surface area contributed by atoms with Gasteiger partial charge in [-0.25, -0.2) is 0 Å². The van der Waals surface area contributed by atoms with Crippen molar-refractivity contribution in [3.8, 4) is 17.2 Å². The van der Waals surface area contributed by atoms with Gasteiger partial charge in [0.15, 0.2) is 11.5 Å². The molecule has 0 saturated carbocycles. The van der Waals surface area contributed by atoms with E-state index in [1.54, 1.807) is 67.8 Å². The zero-order chi connectivity index (χ0) is 24.8. The molecule has 1 saturated heterocycles. The molecule has 6 nitrogen and oxygen atoms in total. The van der Waals surface area contributed by atoms with Crippen molar-refractivity contribution in [3.63, 3.8) is 0 Å². The van der Waals surface area contributed by atoms with Gasteiger partial charge >= 0.3 is 0 Å². The van der Waals surface area contributed by atoms with E-state index < -0.39 is 5.91 Å². The third-order valence-corrected chi connectivity index (χ3v) is 6.57. The average molecular weight is 530 g/mol. The number of methoxy groups -OCH3 is 1. The summed E-state index contributed by atoms with van der Waals surface area (Å²) in [5, 5.41) is 0.737. The van der Waals surface area contributed by atoms with Crippen LogP contribution in [0.25, 0.3) is 6.08 Å². The fourth-order valence-corrected chi connectivity index (χ4v) is 4.51. The minimum Gasteiger partial charge on any atom is -0.493 e. The van der Waals surface area contributed by atoms with Gasteiger partial charge in [0.1, 0.15) is 19.0 Å². The number of amides is 2. The van der Waals surface area contributed by atoms with E-state index in [0.717, 1.165) is 22.2 Å². The zero-order valence-electron chi connectivity index (χ0n) is 18.7. The molecule has 3 aromatic rings. The van der Waals surface area contributed by atoms with Gasteiger partial charge in [-0.05, 0) is 53.7 Å². The van der Waals surface area contributed by atoms with Gasteiger partial charge in [-0.2, -0.15) is 0 Å². The summed E-state index contributed by atoms with van der Waals surface area (Å²) >= 11 is 12.9. The SMILES string of the molecule is COc1cccc(/C=C2\SC(=O)N(CCOc3ccccc3Cl)C2=O)c1OCc1ccc(Cl)cc1. The van der Waals surface area contributed by atoms with Crippen molar-refractivity contribution in [3.05, 3.63) is 92.8 Å². The van der Waals surface area contributed by atoms with Gasteiger partial charge in [-0.15, -0.1) is 0 Å². The fourth-order valence-electron chi connectivity index (χ4n) is 3.34. The Hall–Kier alpha value is -3.13.